The van der Waals surface area contributed by atoms with Crippen molar-refractivity contribution in [1.29, 1.82) is 0 Å². The molecule has 16 heavy (non-hydrogen) atoms. The second kappa shape index (κ2) is 7.00. The van der Waals surface area contributed by atoms with Crippen LogP contribution in [0.15, 0.2) is 29.2 Å². The molecule has 1 aromatic carbocycles. The zero-order chi connectivity index (χ0) is 10.8. The molecule has 0 bridgehead atoms. The van der Waals surface area contributed by atoms with E-state index >= 15 is 0 Å². The van der Waals surface area contributed by atoms with Crippen molar-refractivity contribution in [3.63, 3.8) is 0 Å². The van der Waals surface area contributed by atoms with Crippen molar-refractivity contribution in [1.82, 2.24) is 0 Å². The van der Waals surface area contributed by atoms with Gasteiger partial charge in [0.15, 0.2) is 0 Å². The molecule has 0 aliphatic heterocycles. The van der Waals surface area contributed by atoms with Gasteiger partial charge in [-0.3, -0.25) is 4.79 Å². The van der Waals surface area contributed by atoms with Crippen LogP contribution in [0.5, 0.6) is 0 Å². The van der Waals surface area contributed by atoms with Crippen LogP contribution in [0.2, 0.25) is 0 Å². The van der Waals surface area contributed by atoms with Gasteiger partial charge in [0, 0.05) is 6.92 Å². The van der Waals surface area contributed by atoms with Gasteiger partial charge in [-0.1, -0.05) is 12.1 Å². The fourth-order valence-electron chi connectivity index (χ4n) is 0.978. The molecule has 0 saturated carbocycles. The first-order valence-electron chi connectivity index (χ1n) is 3.74. The minimum Gasteiger partial charge on any atom is -0.744 e. The Morgan fingerprint density at radius 2 is 1.81 bits per heavy atom. The van der Waals surface area contributed by atoms with Crippen molar-refractivity contribution < 1.29 is 52.8 Å². The number of amides is 1. The Kier molecular flexibility index (Phi) is 7.85. The Morgan fingerprint density at radius 1 is 1.31 bits per heavy atom. The van der Waals surface area contributed by atoms with Gasteiger partial charge in [0.1, 0.15) is 10.1 Å². The Bertz CT molecular complexity index is 459. The third-order valence-electron chi connectivity index (χ3n) is 1.47. The summed E-state index contributed by atoms with van der Waals surface area (Å²) >= 11 is 0. The fraction of sp³-hybridized carbons (Fsp3) is 0.125. The van der Waals surface area contributed by atoms with E-state index in [1.54, 1.807) is 0 Å². The SMILES string of the molecule is CC(=O)Nc1ccccc1S(=O)(=O)[O-].O.[Na+]. The van der Waals surface area contributed by atoms with Gasteiger partial charge in [0.05, 0.1) is 10.6 Å². The van der Waals surface area contributed by atoms with E-state index in [1.165, 1.54) is 25.1 Å². The van der Waals surface area contributed by atoms with Gasteiger partial charge in [-0.25, -0.2) is 8.42 Å². The van der Waals surface area contributed by atoms with E-state index in [9.17, 15) is 17.8 Å². The summed E-state index contributed by atoms with van der Waals surface area (Å²) in [6.45, 7) is 1.23. The van der Waals surface area contributed by atoms with E-state index in [-0.39, 0.29) is 40.7 Å². The molecule has 6 nitrogen and oxygen atoms in total. The first-order chi connectivity index (χ1) is 6.41. The number of para-hydroxylation sites is 1. The van der Waals surface area contributed by atoms with Crippen molar-refractivity contribution in [2.45, 2.75) is 11.8 Å². The van der Waals surface area contributed by atoms with E-state index in [0.29, 0.717) is 0 Å². The minimum atomic E-state index is -4.54. The molecular weight excluding hydrogens is 245 g/mol. The topological polar surface area (TPSA) is 118 Å². The van der Waals surface area contributed by atoms with Gasteiger partial charge in [0.25, 0.3) is 0 Å². The van der Waals surface area contributed by atoms with E-state index in [0.717, 1.165) is 6.07 Å². The van der Waals surface area contributed by atoms with Gasteiger partial charge in [-0.15, -0.1) is 0 Å². The maximum absolute atomic E-state index is 10.7. The summed E-state index contributed by atoms with van der Waals surface area (Å²) in [4.78, 5) is 10.3. The number of hydrogen-bond donors (Lipinski definition) is 1. The largest absolute Gasteiger partial charge is 1.00 e. The molecule has 0 spiro atoms. The van der Waals surface area contributed by atoms with Crippen molar-refractivity contribution in [3.8, 4) is 0 Å². The van der Waals surface area contributed by atoms with E-state index in [1.807, 2.05) is 0 Å². The smallest absolute Gasteiger partial charge is 0.744 e. The summed E-state index contributed by atoms with van der Waals surface area (Å²) in [5.41, 5.74) is 0.00926. The molecular formula is C8H10NNaO5S. The maximum atomic E-state index is 10.7. The molecule has 0 aromatic heterocycles. The van der Waals surface area contributed by atoms with Crippen LogP contribution in [0.3, 0.4) is 0 Å². The summed E-state index contributed by atoms with van der Waals surface area (Å²) in [7, 11) is -4.54. The van der Waals surface area contributed by atoms with E-state index < -0.39 is 20.9 Å². The summed E-state index contributed by atoms with van der Waals surface area (Å²) in [6.07, 6.45) is 0. The molecule has 0 radical (unpaired) electrons. The molecule has 0 atom stereocenters. The Balaban J connectivity index is 0. The molecule has 1 rings (SSSR count). The average molecular weight is 255 g/mol. The first kappa shape index (κ1) is 17.9. The maximum Gasteiger partial charge on any atom is 1.00 e. The van der Waals surface area contributed by atoms with Gasteiger partial charge >= 0.3 is 29.6 Å². The second-order valence-corrected chi connectivity index (χ2v) is 3.98. The molecule has 0 saturated heterocycles. The molecule has 8 heteroatoms. The molecule has 84 valence electrons. The van der Waals surface area contributed by atoms with Gasteiger partial charge < -0.3 is 15.3 Å². The third-order valence-corrected chi connectivity index (χ3v) is 2.36. The zero-order valence-electron chi connectivity index (χ0n) is 8.85. The number of anilines is 1. The summed E-state index contributed by atoms with van der Waals surface area (Å²) < 4.78 is 32.2. The Hall–Kier alpha value is -0.440. The normalized spacial score (nSPS) is 9.62. The third kappa shape index (κ3) is 5.06. The van der Waals surface area contributed by atoms with Crippen molar-refractivity contribution >= 4 is 21.7 Å². The molecule has 0 heterocycles. The predicted octanol–water partition coefficient (Wildman–Crippen LogP) is -3.27. The number of carbonyl (C=O) groups is 1. The quantitative estimate of drug-likeness (QED) is 0.440. The number of benzene rings is 1. The van der Waals surface area contributed by atoms with Gasteiger partial charge in [0.2, 0.25) is 5.91 Å². The van der Waals surface area contributed by atoms with Crippen LogP contribution in [0.4, 0.5) is 5.69 Å². The molecule has 0 unspecified atom stereocenters. The molecule has 1 amide bonds. The molecule has 1 aromatic rings. The summed E-state index contributed by atoms with van der Waals surface area (Å²) in [5, 5.41) is 2.26. The van der Waals surface area contributed by atoms with Gasteiger partial charge in [-0.2, -0.15) is 0 Å². The standard InChI is InChI=1S/C8H9NO4S.Na.H2O/c1-6(10)9-7-4-2-3-5-8(7)14(11,12)13;;/h2-5H,1H3,(H,9,10)(H,11,12,13);;1H2/q;+1;/p-1. The average Bonchev–Trinajstić information content (AvgIpc) is 2.01. The Labute approximate surface area is 115 Å². The summed E-state index contributed by atoms with van der Waals surface area (Å²) in [5.74, 6) is -0.430. The number of carbonyl (C=O) groups excluding carboxylic acids is 1. The number of hydrogen-bond acceptors (Lipinski definition) is 4. The van der Waals surface area contributed by atoms with Crippen LogP contribution >= 0.6 is 0 Å². The second-order valence-electron chi connectivity index (χ2n) is 2.63. The molecule has 3 N–H and O–H groups in total. The molecule has 0 fully saturated rings. The van der Waals surface area contributed by atoms with Crippen molar-refractivity contribution in [3.05, 3.63) is 24.3 Å². The van der Waals surface area contributed by atoms with Crippen LogP contribution in [-0.2, 0) is 14.9 Å². The number of nitrogens with one attached hydrogen (secondary N) is 1. The summed E-state index contributed by atoms with van der Waals surface area (Å²) in [6, 6.07) is 5.44. The van der Waals surface area contributed by atoms with Crippen molar-refractivity contribution in [2.24, 2.45) is 0 Å². The fourth-order valence-corrected chi connectivity index (χ4v) is 1.61. The Morgan fingerprint density at radius 3 is 2.25 bits per heavy atom. The predicted molar refractivity (Wildman–Crippen MR) is 52.3 cm³/mol. The van der Waals surface area contributed by atoms with Gasteiger partial charge in [-0.05, 0) is 12.1 Å². The van der Waals surface area contributed by atoms with Crippen LogP contribution in [0, 0.1) is 0 Å². The zero-order valence-corrected chi connectivity index (χ0v) is 11.7. The van der Waals surface area contributed by atoms with Crippen LogP contribution in [0.1, 0.15) is 6.92 Å². The minimum absolute atomic E-state index is 0. The molecule has 0 aliphatic carbocycles. The number of rotatable bonds is 2. The van der Waals surface area contributed by atoms with E-state index in [2.05, 4.69) is 5.32 Å². The van der Waals surface area contributed by atoms with Crippen LogP contribution in [0.25, 0.3) is 0 Å². The van der Waals surface area contributed by atoms with Crippen LogP contribution < -0.4 is 34.9 Å². The molecule has 0 aliphatic rings. The first-order valence-corrected chi connectivity index (χ1v) is 5.14. The van der Waals surface area contributed by atoms with E-state index in [4.69, 9.17) is 0 Å². The monoisotopic (exact) mass is 255 g/mol. The van der Waals surface area contributed by atoms with Crippen LogP contribution in [-0.4, -0.2) is 24.4 Å². The van der Waals surface area contributed by atoms with Crippen molar-refractivity contribution in [2.75, 3.05) is 5.32 Å².